The number of hydrogen-bond donors (Lipinski definition) is 0. The first-order chi connectivity index (χ1) is 11.7. The minimum absolute atomic E-state index is 0.186. The van der Waals surface area contributed by atoms with Gasteiger partial charge in [-0.15, -0.1) is 0 Å². The molecule has 1 aromatic carbocycles. The molecule has 0 radical (unpaired) electrons. The predicted octanol–water partition coefficient (Wildman–Crippen LogP) is 4.83. The van der Waals surface area contributed by atoms with Gasteiger partial charge in [0, 0.05) is 0 Å². The summed E-state index contributed by atoms with van der Waals surface area (Å²) in [6.07, 6.45) is 6.79. The van der Waals surface area contributed by atoms with E-state index in [1.165, 1.54) is 0 Å². The van der Waals surface area contributed by atoms with Gasteiger partial charge in [-0.25, -0.2) is 0 Å². The highest BCUT2D eigenvalue weighted by Gasteiger charge is 2.25. The summed E-state index contributed by atoms with van der Waals surface area (Å²) in [5, 5.41) is 0.697. The van der Waals surface area contributed by atoms with Gasteiger partial charge in [-0.2, -0.15) is 0 Å². The normalized spacial score (nSPS) is 11.2. The third-order valence-electron chi connectivity index (χ3n) is 3.67. The van der Waals surface area contributed by atoms with E-state index in [1.54, 1.807) is 0 Å². The van der Waals surface area contributed by atoms with E-state index in [4.69, 9.17) is 9.47 Å². The molecule has 134 valence electrons. The highest BCUT2D eigenvalue weighted by molar-refractivity contribution is 7.53. The average Bonchev–Trinajstić information content (AvgIpc) is 2.60. The van der Waals surface area contributed by atoms with Gasteiger partial charge in [-0.1, -0.05) is 56.2 Å². The standard InChI is InChI=1S/C19H30O4P/c1-3-5-9-14-22-17-11-7-8-12-18(17)24(21)16-13-19(20)23-15-10-6-4-2/h7-8,11-12H,3-6,9-10,13-16H2,1-2H3/q+1. The van der Waals surface area contributed by atoms with Gasteiger partial charge in [-0.05, 0) is 25.0 Å². The number of ether oxygens (including phenoxy) is 2. The lowest BCUT2D eigenvalue weighted by Gasteiger charge is -2.06. The number of carbonyl (C=O) groups is 1. The van der Waals surface area contributed by atoms with Gasteiger partial charge in [0.2, 0.25) is 5.30 Å². The fourth-order valence-corrected chi connectivity index (χ4v) is 3.51. The van der Waals surface area contributed by atoms with Crippen LogP contribution in [0.4, 0.5) is 0 Å². The zero-order chi connectivity index (χ0) is 17.6. The first kappa shape index (κ1) is 20.6. The van der Waals surface area contributed by atoms with Gasteiger partial charge in [0.05, 0.1) is 19.6 Å². The Morgan fingerprint density at radius 1 is 1.00 bits per heavy atom. The fraction of sp³-hybridized carbons (Fsp3) is 0.632. The van der Waals surface area contributed by atoms with Crippen molar-refractivity contribution >= 4 is 19.1 Å². The van der Waals surface area contributed by atoms with Crippen LogP contribution in [-0.4, -0.2) is 25.3 Å². The van der Waals surface area contributed by atoms with Gasteiger partial charge < -0.3 is 9.47 Å². The van der Waals surface area contributed by atoms with Crippen molar-refractivity contribution in [2.24, 2.45) is 0 Å². The zero-order valence-electron chi connectivity index (χ0n) is 15.0. The Morgan fingerprint density at radius 3 is 2.38 bits per heavy atom. The van der Waals surface area contributed by atoms with Crippen molar-refractivity contribution < 1.29 is 18.8 Å². The number of benzene rings is 1. The lowest BCUT2D eigenvalue weighted by atomic mass is 10.3. The zero-order valence-corrected chi connectivity index (χ0v) is 15.9. The summed E-state index contributed by atoms with van der Waals surface area (Å²) in [6.45, 7) is 5.34. The molecule has 0 bridgehead atoms. The molecule has 0 saturated carbocycles. The largest absolute Gasteiger partial charge is 0.489 e. The van der Waals surface area contributed by atoms with E-state index >= 15 is 0 Å². The van der Waals surface area contributed by atoms with E-state index in [2.05, 4.69) is 13.8 Å². The van der Waals surface area contributed by atoms with Gasteiger partial charge in [-0.3, -0.25) is 4.79 Å². The maximum Gasteiger partial charge on any atom is 0.381 e. The Hall–Kier alpha value is -1.41. The molecule has 0 saturated heterocycles. The Bertz CT molecular complexity index is 502. The third-order valence-corrected chi connectivity index (χ3v) is 5.21. The van der Waals surface area contributed by atoms with Crippen molar-refractivity contribution in [1.29, 1.82) is 0 Å². The molecule has 0 amide bonds. The van der Waals surface area contributed by atoms with Crippen molar-refractivity contribution in [3.8, 4) is 5.75 Å². The number of para-hydroxylation sites is 1. The van der Waals surface area contributed by atoms with E-state index in [0.29, 0.717) is 30.4 Å². The van der Waals surface area contributed by atoms with E-state index < -0.39 is 7.80 Å². The first-order valence-electron chi connectivity index (χ1n) is 9.01. The van der Waals surface area contributed by atoms with E-state index in [0.717, 1.165) is 38.5 Å². The number of carbonyl (C=O) groups excluding carboxylic acids is 1. The molecule has 4 nitrogen and oxygen atoms in total. The van der Waals surface area contributed by atoms with Crippen molar-refractivity contribution in [2.75, 3.05) is 19.4 Å². The molecule has 0 fully saturated rings. The second kappa shape index (κ2) is 12.9. The van der Waals surface area contributed by atoms with Crippen LogP contribution in [0, 0.1) is 0 Å². The molecule has 1 unspecified atom stereocenters. The lowest BCUT2D eigenvalue weighted by Crippen LogP contribution is -2.11. The van der Waals surface area contributed by atoms with Gasteiger partial charge >= 0.3 is 13.8 Å². The fourth-order valence-electron chi connectivity index (χ4n) is 2.24. The lowest BCUT2D eigenvalue weighted by molar-refractivity contribution is -0.143. The van der Waals surface area contributed by atoms with Crippen LogP contribution in [-0.2, 0) is 14.1 Å². The summed E-state index contributed by atoms with van der Waals surface area (Å²) in [7, 11) is -1.65. The summed E-state index contributed by atoms with van der Waals surface area (Å²) in [5.41, 5.74) is 0. The van der Waals surface area contributed by atoms with Crippen LogP contribution in [0.25, 0.3) is 0 Å². The molecule has 1 rings (SSSR count). The van der Waals surface area contributed by atoms with Crippen LogP contribution in [0.3, 0.4) is 0 Å². The maximum atomic E-state index is 12.5. The summed E-state index contributed by atoms with van der Waals surface area (Å²) in [5.74, 6) is 0.404. The first-order valence-corrected chi connectivity index (χ1v) is 10.5. The SMILES string of the molecule is CCCCCOC(=O)CC[P+](=O)c1ccccc1OCCCCC. The third kappa shape index (κ3) is 8.44. The average molecular weight is 353 g/mol. The van der Waals surface area contributed by atoms with Crippen LogP contribution in [0.1, 0.15) is 58.8 Å². The Kier molecular flexibility index (Phi) is 11.1. The number of esters is 1. The molecule has 0 N–H and O–H groups in total. The van der Waals surface area contributed by atoms with E-state index in [9.17, 15) is 9.36 Å². The van der Waals surface area contributed by atoms with Crippen LogP contribution < -0.4 is 10.0 Å². The minimum Gasteiger partial charge on any atom is -0.489 e. The number of hydrogen-bond acceptors (Lipinski definition) is 4. The van der Waals surface area contributed by atoms with Crippen LogP contribution >= 0.6 is 7.80 Å². The van der Waals surface area contributed by atoms with Crippen LogP contribution in [0.15, 0.2) is 24.3 Å². The van der Waals surface area contributed by atoms with Gasteiger partial charge in [0.15, 0.2) is 11.9 Å². The smallest absolute Gasteiger partial charge is 0.381 e. The van der Waals surface area contributed by atoms with Crippen molar-refractivity contribution in [1.82, 2.24) is 0 Å². The summed E-state index contributed by atoms with van der Waals surface area (Å²) >= 11 is 0. The monoisotopic (exact) mass is 353 g/mol. The molecule has 0 heterocycles. The van der Waals surface area contributed by atoms with Crippen molar-refractivity contribution in [3.63, 3.8) is 0 Å². The van der Waals surface area contributed by atoms with E-state index in [-0.39, 0.29) is 12.4 Å². The highest BCUT2D eigenvalue weighted by Crippen LogP contribution is 2.27. The predicted molar refractivity (Wildman–Crippen MR) is 98.7 cm³/mol. The molecule has 0 aliphatic carbocycles. The van der Waals surface area contributed by atoms with Crippen LogP contribution in [0.5, 0.6) is 5.75 Å². The Labute approximate surface area is 146 Å². The quantitative estimate of drug-likeness (QED) is 0.289. The minimum atomic E-state index is -1.65. The molecular weight excluding hydrogens is 323 g/mol. The highest BCUT2D eigenvalue weighted by atomic mass is 31.1. The Morgan fingerprint density at radius 2 is 1.67 bits per heavy atom. The van der Waals surface area contributed by atoms with Gasteiger partial charge in [0.25, 0.3) is 0 Å². The second-order valence-electron chi connectivity index (χ2n) is 5.80. The molecule has 0 aliphatic rings. The summed E-state index contributed by atoms with van der Waals surface area (Å²) in [6, 6.07) is 7.40. The molecule has 1 atom stereocenters. The number of unbranched alkanes of at least 4 members (excludes halogenated alkanes) is 4. The number of rotatable bonds is 13. The molecule has 1 aromatic rings. The maximum absolute atomic E-state index is 12.5. The molecule has 0 aliphatic heterocycles. The molecular formula is C19H30O4P+. The topological polar surface area (TPSA) is 52.6 Å². The second-order valence-corrected chi connectivity index (χ2v) is 7.49. The molecule has 0 aromatic heterocycles. The van der Waals surface area contributed by atoms with Gasteiger partial charge in [0.1, 0.15) is 0 Å². The molecule has 0 spiro atoms. The van der Waals surface area contributed by atoms with Crippen molar-refractivity contribution in [2.45, 2.75) is 58.8 Å². The van der Waals surface area contributed by atoms with E-state index in [1.807, 2.05) is 24.3 Å². The summed E-state index contributed by atoms with van der Waals surface area (Å²) in [4.78, 5) is 11.7. The van der Waals surface area contributed by atoms with Crippen LogP contribution in [0.2, 0.25) is 0 Å². The van der Waals surface area contributed by atoms with Crippen molar-refractivity contribution in [3.05, 3.63) is 24.3 Å². The molecule has 5 heteroatoms. The summed E-state index contributed by atoms with van der Waals surface area (Å²) < 4.78 is 23.4. The Balaban J connectivity index is 2.42. The molecule has 24 heavy (non-hydrogen) atoms.